The van der Waals surface area contributed by atoms with Crippen LogP contribution in [0.5, 0.6) is 0 Å². The zero-order valence-electron chi connectivity index (χ0n) is 14.0. The first kappa shape index (κ1) is 15.7. The molecule has 3 aromatic rings. The number of amides is 1. The number of hydrogen-bond acceptors (Lipinski definition) is 3. The van der Waals surface area contributed by atoms with Gasteiger partial charge in [0.25, 0.3) is 5.91 Å². The van der Waals surface area contributed by atoms with Crippen LogP contribution < -0.4 is 0 Å². The molecule has 2 aromatic heterocycles. The van der Waals surface area contributed by atoms with E-state index in [1.165, 1.54) is 29.9 Å². The van der Waals surface area contributed by atoms with E-state index in [9.17, 15) is 9.18 Å². The second-order valence-corrected chi connectivity index (χ2v) is 6.57. The molecule has 0 unspecified atom stereocenters. The number of nitrogens with zero attached hydrogens (tertiary/aromatic N) is 4. The summed E-state index contributed by atoms with van der Waals surface area (Å²) in [5.74, 6) is 0.585. The van der Waals surface area contributed by atoms with Gasteiger partial charge in [-0.25, -0.2) is 14.4 Å². The summed E-state index contributed by atoms with van der Waals surface area (Å²) in [4.78, 5) is 23.2. The third-order valence-corrected chi connectivity index (χ3v) is 4.55. The number of carbonyl (C=O) groups excluding carboxylic acids is 1. The Kier molecular flexibility index (Phi) is 3.95. The SMILES string of the molecule is CN(Cc1nc2cccnc2n1CC1CC1)C(=O)c1ccccc1F. The average Bonchev–Trinajstić information content (AvgIpc) is 3.37. The summed E-state index contributed by atoms with van der Waals surface area (Å²) in [5, 5.41) is 0. The molecule has 0 aliphatic heterocycles. The third-order valence-electron chi connectivity index (χ3n) is 4.55. The largest absolute Gasteiger partial charge is 0.334 e. The summed E-state index contributed by atoms with van der Waals surface area (Å²) in [6, 6.07) is 9.82. The van der Waals surface area contributed by atoms with E-state index in [1.807, 2.05) is 12.1 Å². The van der Waals surface area contributed by atoms with Gasteiger partial charge in [0, 0.05) is 19.8 Å². The van der Waals surface area contributed by atoms with E-state index in [2.05, 4.69) is 14.5 Å². The van der Waals surface area contributed by atoms with Crippen LogP contribution in [0.3, 0.4) is 0 Å². The predicted octanol–water partition coefficient (Wildman–Crippen LogP) is 3.25. The molecule has 0 N–H and O–H groups in total. The third kappa shape index (κ3) is 3.12. The van der Waals surface area contributed by atoms with Crippen LogP contribution in [-0.4, -0.2) is 32.4 Å². The molecule has 0 radical (unpaired) electrons. The van der Waals surface area contributed by atoms with Crippen molar-refractivity contribution in [2.24, 2.45) is 5.92 Å². The second kappa shape index (κ2) is 6.27. The van der Waals surface area contributed by atoms with Crippen molar-refractivity contribution in [1.82, 2.24) is 19.4 Å². The molecule has 1 aliphatic carbocycles. The van der Waals surface area contributed by atoms with E-state index >= 15 is 0 Å². The van der Waals surface area contributed by atoms with Crippen LogP contribution in [-0.2, 0) is 13.1 Å². The molecule has 1 aromatic carbocycles. The van der Waals surface area contributed by atoms with Crippen LogP contribution in [0.4, 0.5) is 4.39 Å². The molecule has 0 atom stereocenters. The van der Waals surface area contributed by atoms with E-state index in [0.717, 1.165) is 23.5 Å². The van der Waals surface area contributed by atoms with Crippen molar-refractivity contribution in [2.75, 3.05) is 7.05 Å². The number of fused-ring (bicyclic) bond motifs is 1. The van der Waals surface area contributed by atoms with E-state index in [-0.39, 0.29) is 11.5 Å². The Labute approximate surface area is 145 Å². The maximum absolute atomic E-state index is 13.9. The van der Waals surface area contributed by atoms with Crippen LogP contribution in [0.2, 0.25) is 0 Å². The highest BCUT2D eigenvalue weighted by Crippen LogP contribution is 2.32. The lowest BCUT2D eigenvalue weighted by Gasteiger charge is -2.18. The van der Waals surface area contributed by atoms with Crippen LogP contribution in [0, 0.1) is 11.7 Å². The van der Waals surface area contributed by atoms with Gasteiger partial charge in [-0.1, -0.05) is 12.1 Å². The van der Waals surface area contributed by atoms with Gasteiger partial charge in [0.1, 0.15) is 17.2 Å². The molecule has 2 heterocycles. The van der Waals surface area contributed by atoms with Crippen molar-refractivity contribution >= 4 is 17.1 Å². The Hall–Kier alpha value is -2.76. The molecule has 25 heavy (non-hydrogen) atoms. The molecule has 1 fully saturated rings. The molecule has 1 saturated carbocycles. The zero-order valence-corrected chi connectivity index (χ0v) is 14.0. The molecule has 4 rings (SSSR count). The molecule has 0 saturated heterocycles. The van der Waals surface area contributed by atoms with Gasteiger partial charge >= 0.3 is 0 Å². The molecule has 5 nitrogen and oxygen atoms in total. The highest BCUT2D eigenvalue weighted by Gasteiger charge is 2.25. The van der Waals surface area contributed by atoms with E-state index in [0.29, 0.717) is 12.5 Å². The lowest BCUT2D eigenvalue weighted by Crippen LogP contribution is -2.28. The lowest BCUT2D eigenvalue weighted by atomic mass is 10.2. The summed E-state index contributed by atoms with van der Waals surface area (Å²) in [7, 11) is 1.67. The van der Waals surface area contributed by atoms with Gasteiger partial charge in [0.15, 0.2) is 5.65 Å². The van der Waals surface area contributed by atoms with Crippen LogP contribution in [0.25, 0.3) is 11.2 Å². The highest BCUT2D eigenvalue weighted by atomic mass is 19.1. The minimum absolute atomic E-state index is 0.0768. The van der Waals surface area contributed by atoms with Gasteiger partial charge < -0.3 is 9.47 Å². The fourth-order valence-electron chi connectivity index (χ4n) is 3.00. The second-order valence-electron chi connectivity index (χ2n) is 6.57. The molecule has 1 amide bonds. The van der Waals surface area contributed by atoms with Gasteiger partial charge in [-0.2, -0.15) is 0 Å². The van der Waals surface area contributed by atoms with Gasteiger partial charge in [-0.15, -0.1) is 0 Å². The number of benzene rings is 1. The number of carbonyl (C=O) groups is 1. The number of aromatic nitrogens is 3. The number of hydrogen-bond donors (Lipinski definition) is 0. The number of rotatable bonds is 5. The standard InChI is InChI=1S/C19H19FN4O/c1-23(19(25)14-5-2-3-6-15(14)20)12-17-22-16-7-4-10-21-18(16)24(17)11-13-8-9-13/h2-7,10,13H,8-9,11-12H2,1H3. The van der Waals surface area contributed by atoms with Crippen LogP contribution >= 0.6 is 0 Å². The molecule has 6 heteroatoms. The fraction of sp³-hybridized carbons (Fsp3) is 0.316. The topological polar surface area (TPSA) is 51.0 Å². The van der Waals surface area contributed by atoms with Crippen molar-refractivity contribution in [2.45, 2.75) is 25.9 Å². The Bertz CT molecular complexity index is 932. The highest BCUT2D eigenvalue weighted by molar-refractivity contribution is 5.94. The van der Waals surface area contributed by atoms with Crippen molar-refractivity contribution in [1.29, 1.82) is 0 Å². The first-order valence-electron chi connectivity index (χ1n) is 8.43. The molecular formula is C19H19FN4O. The summed E-state index contributed by atoms with van der Waals surface area (Å²) in [5.41, 5.74) is 1.74. The average molecular weight is 338 g/mol. The number of imidazole rings is 1. The van der Waals surface area contributed by atoms with E-state index < -0.39 is 5.82 Å². The molecule has 1 aliphatic rings. The maximum Gasteiger partial charge on any atom is 0.256 e. The normalized spacial score (nSPS) is 14.0. The first-order valence-corrected chi connectivity index (χ1v) is 8.43. The Balaban J connectivity index is 1.63. The van der Waals surface area contributed by atoms with E-state index in [4.69, 9.17) is 0 Å². The number of halogens is 1. The number of pyridine rings is 1. The summed E-state index contributed by atoms with van der Waals surface area (Å²) < 4.78 is 16.0. The zero-order chi connectivity index (χ0) is 17.4. The smallest absolute Gasteiger partial charge is 0.256 e. The van der Waals surface area contributed by atoms with Crippen LogP contribution in [0.15, 0.2) is 42.6 Å². The van der Waals surface area contributed by atoms with Crippen molar-refractivity contribution in [3.8, 4) is 0 Å². The molecule has 0 spiro atoms. The molecule has 128 valence electrons. The lowest BCUT2D eigenvalue weighted by molar-refractivity contribution is 0.0775. The van der Waals surface area contributed by atoms with Gasteiger partial charge in [-0.3, -0.25) is 4.79 Å². The maximum atomic E-state index is 13.9. The van der Waals surface area contributed by atoms with Gasteiger partial charge in [0.2, 0.25) is 0 Å². The minimum atomic E-state index is -0.507. The van der Waals surface area contributed by atoms with Crippen molar-refractivity contribution in [3.63, 3.8) is 0 Å². The predicted molar refractivity (Wildman–Crippen MR) is 92.4 cm³/mol. The monoisotopic (exact) mass is 338 g/mol. The molecular weight excluding hydrogens is 319 g/mol. The van der Waals surface area contributed by atoms with Crippen LogP contribution in [0.1, 0.15) is 29.0 Å². The van der Waals surface area contributed by atoms with E-state index in [1.54, 1.807) is 25.4 Å². The minimum Gasteiger partial charge on any atom is -0.334 e. The summed E-state index contributed by atoms with van der Waals surface area (Å²) >= 11 is 0. The first-order chi connectivity index (χ1) is 12.1. The van der Waals surface area contributed by atoms with Gasteiger partial charge in [0.05, 0.1) is 12.1 Å². The summed E-state index contributed by atoms with van der Waals surface area (Å²) in [6.07, 6.45) is 4.19. The fourth-order valence-corrected chi connectivity index (χ4v) is 3.00. The Morgan fingerprint density at radius 3 is 2.84 bits per heavy atom. The summed E-state index contributed by atoms with van der Waals surface area (Å²) in [6.45, 7) is 1.18. The Morgan fingerprint density at radius 2 is 2.08 bits per heavy atom. The molecule has 0 bridgehead atoms. The quantitative estimate of drug-likeness (QED) is 0.717. The van der Waals surface area contributed by atoms with Gasteiger partial charge in [-0.05, 0) is 43.0 Å². The van der Waals surface area contributed by atoms with Crippen molar-refractivity contribution < 1.29 is 9.18 Å². The Morgan fingerprint density at radius 1 is 1.28 bits per heavy atom. The van der Waals surface area contributed by atoms with Crippen molar-refractivity contribution in [3.05, 3.63) is 59.8 Å².